The van der Waals surface area contributed by atoms with Gasteiger partial charge in [0.15, 0.2) is 5.78 Å². The predicted molar refractivity (Wildman–Crippen MR) is 48.2 cm³/mol. The highest BCUT2D eigenvalue weighted by Gasteiger charge is 2.09. The average Bonchev–Trinajstić information content (AvgIpc) is 2.08. The quantitative estimate of drug-likeness (QED) is 0.594. The Bertz CT molecular complexity index is 310. The molecular weight excluding hydrogens is 199 g/mol. The lowest BCUT2D eigenvalue weighted by Gasteiger charge is -2.00. The Morgan fingerprint density at radius 2 is 2.17 bits per heavy atom. The minimum atomic E-state index is -0.336. The van der Waals surface area contributed by atoms with Crippen LogP contribution in [0.4, 0.5) is 0 Å². The molecule has 0 aliphatic carbocycles. The highest BCUT2D eigenvalue weighted by Crippen LogP contribution is 2.21. The van der Waals surface area contributed by atoms with Crippen LogP contribution in [0.15, 0.2) is 18.2 Å². The zero-order valence-corrected chi connectivity index (χ0v) is 7.56. The number of Topliss-reactive ketones (excluding diaryl/α,β-unsaturated/α-hetero) is 1. The molecule has 0 spiro atoms. The topological polar surface area (TPSA) is 37.3 Å². The molecule has 0 aliphatic heterocycles. The SMILES string of the molecule is O=C(CCl)c1cc(Cl)ccc1O. The molecule has 1 aromatic rings. The van der Waals surface area contributed by atoms with Gasteiger partial charge in [-0.05, 0) is 18.2 Å². The summed E-state index contributed by atoms with van der Waals surface area (Å²) >= 11 is 10.9. The maximum Gasteiger partial charge on any atom is 0.181 e. The summed E-state index contributed by atoms with van der Waals surface area (Å²) in [6.07, 6.45) is 0. The van der Waals surface area contributed by atoms with Gasteiger partial charge in [0, 0.05) is 5.02 Å². The Balaban J connectivity index is 3.13. The van der Waals surface area contributed by atoms with Crippen LogP contribution in [0.3, 0.4) is 0 Å². The van der Waals surface area contributed by atoms with Crippen molar-refractivity contribution in [1.29, 1.82) is 0 Å². The molecule has 0 saturated carbocycles. The zero-order chi connectivity index (χ0) is 9.14. The lowest BCUT2D eigenvalue weighted by Crippen LogP contribution is -2.00. The van der Waals surface area contributed by atoms with Crippen LogP contribution in [0, 0.1) is 0 Å². The molecule has 0 heterocycles. The fraction of sp³-hybridized carbons (Fsp3) is 0.125. The van der Waals surface area contributed by atoms with Crippen molar-refractivity contribution in [2.75, 3.05) is 5.88 Å². The molecule has 12 heavy (non-hydrogen) atoms. The van der Waals surface area contributed by atoms with Gasteiger partial charge in [0.1, 0.15) is 5.75 Å². The van der Waals surface area contributed by atoms with Crippen molar-refractivity contribution in [3.8, 4) is 5.75 Å². The molecule has 64 valence electrons. The summed E-state index contributed by atoms with van der Waals surface area (Å²) in [6, 6.07) is 4.26. The van der Waals surface area contributed by atoms with Crippen LogP contribution in [-0.4, -0.2) is 16.8 Å². The second kappa shape index (κ2) is 3.78. The molecule has 0 unspecified atom stereocenters. The molecule has 1 N–H and O–H groups in total. The summed E-state index contributed by atoms with van der Waals surface area (Å²) in [5.74, 6) is -0.588. The Labute approximate surface area is 79.7 Å². The van der Waals surface area contributed by atoms with Crippen LogP contribution < -0.4 is 0 Å². The maximum atomic E-state index is 11.0. The molecule has 0 saturated heterocycles. The van der Waals surface area contributed by atoms with Crippen molar-refractivity contribution < 1.29 is 9.90 Å². The third kappa shape index (κ3) is 1.90. The molecule has 2 nitrogen and oxygen atoms in total. The van der Waals surface area contributed by atoms with Gasteiger partial charge in [0.25, 0.3) is 0 Å². The summed E-state index contributed by atoms with van der Waals surface area (Å²) < 4.78 is 0. The zero-order valence-electron chi connectivity index (χ0n) is 6.05. The van der Waals surface area contributed by atoms with E-state index in [0.717, 1.165) is 0 Å². The number of phenolic OH excluding ortho intramolecular Hbond substituents is 1. The van der Waals surface area contributed by atoms with Crippen LogP contribution in [0.25, 0.3) is 0 Å². The Morgan fingerprint density at radius 3 is 2.75 bits per heavy atom. The van der Waals surface area contributed by atoms with Gasteiger partial charge in [-0.2, -0.15) is 0 Å². The summed E-state index contributed by atoms with van der Waals surface area (Å²) in [5, 5.41) is 9.60. The first-order valence-corrected chi connectivity index (χ1v) is 4.14. The van der Waals surface area contributed by atoms with Crippen LogP contribution in [-0.2, 0) is 0 Å². The fourth-order valence-corrected chi connectivity index (χ4v) is 1.12. The third-order valence-corrected chi connectivity index (χ3v) is 1.86. The maximum absolute atomic E-state index is 11.0. The van der Waals surface area contributed by atoms with Crippen LogP contribution in [0.1, 0.15) is 10.4 Å². The van der Waals surface area contributed by atoms with E-state index < -0.39 is 0 Å². The number of rotatable bonds is 2. The van der Waals surface area contributed by atoms with Gasteiger partial charge < -0.3 is 5.11 Å². The smallest absolute Gasteiger partial charge is 0.181 e. The number of carbonyl (C=O) groups excluding carboxylic acids is 1. The molecule has 4 heteroatoms. The monoisotopic (exact) mass is 204 g/mol. The molecule has 0 fully saturated rings. The third-order valence-electron chi connectivity index (χ3n) is 1.38. The standard InChI is InChI=1S/C8H6Cl2O2/c9-4-8(12)6-3-5(10)1-2-7(6)11/h1-3,11H,4H2. The number of hydrogen-bond donors (Lipinski definition) is 1. The number of alkyl halides is 1. The van der Waals surface area contributed by atoms with Gasteiger partial charge in [-0.15, -0.1) is 11.6 Å². The molecule has 1 rings (SSSR count). The Kier molecular flexibility index (Phi) is 2.95. The predicted octanol–water partition coefficient (Wildman–Crippen LogP) is 2.47. The second-order valence-electron chi connectivity index (χ2n) is 2.22. The number of aromatic hydroxyl groups is 1. The van der Waals surface area contributed by atoms with Crippen molar-refractivity contribution in [2.45, 2.75) is 0 Å². The molecule has 0 aromatic heterocycles. The summed E-state index contributed by atoms with van der Waals surface area (Å²) in [5.41, 5.74) is 0.164. The first-order valence-electron chi connectivity index (χ1n) is 3.23. The van der Waals surface area contributed by atoms with Crippen molar-refractivity contribution in [1.82, 2.24) is 0 Å². The number of carbonyl (C=O) groups is 1. The van der Waals surface area contributed by atoms with Crippen molar-refractivity contribution >= 4 is 29.0 Å². The van der Waals surface area contributed by atoms with Gasteiger partial charge in [0.2, 0.25) is 0 Å². The lowest BCUT2D eigenvalue weighted by atomic mass is 10.1. The average molecular weight is 205 g/mol. The van der Waals surface area contributed by atoms with Gasteiger partial charge in [0.05, 0.1) is 11.4 Å². The van der Waals surface area contributed by atoms with E-state index >= 15 is 0 Å². The van der Waals surface area contributed by atoms with E-state index in [4.69, 9.17) is 23.2 Å². The van der Waals surface area contributed by atoms with E-state index in [1.807, 2.05) is 0 Å². The largest absolute Gasteiger partial charge is 0.507 e. The second-order valence-corrected chi connectivity index (χ2v) is 2.92. The van der Waals surface area contributed by atoms with E-state index in [2.05, 4.69) is 0 Å². The van der Waals surface area contributed by atoms with Gasteiger partial charge in [-0.1, -0.05) is 11.6 Å². The minimum Gasteiger partial charge on any atom is -0.507 e. The van der Waals surface area contributed by atoms with E-state index in [0.29, 0.717) is 5.02 Å². The highest BCUT2D eigenvalue weighted by atomic mass is 35.5. The molecule has 1 aromatic carbocycles. The highest BCUT2D eigenvalue weighted by molar-refractivity contribution is 6.33. The van der Waals surface area contributed by atoms with Gasteiger partial charge in [-0.25, -0.2) is 0 Å². The molecule has 0 bridgehead atoms. The molecular formula is C8H6Cl2O2. The summed E-state index contributed by atoms with van der Waals surface area (Å²) in [7, 11) is 0. The van der Waals surface area contributed by atoms with Crippen molar-refractivity contribution in [2.24, 2.45) is 0 Å². The van der Waals surface area contributed by atoms with Crippen LogP contribution in [0.5, 0.6) is 5.75 Å². The van der Waals surface area contributed by atoms with Crippen molar-refractivity contribution in [3.05, 3.63) is 28.8 Å². The number of benzene rings is 1. The van der Waals surface area contributed by atoms with E-state index in [9.17, 15) is 9.90 Å². The number of hydrogen-bond acceptors (Lipinski definition) is 2. The van der Waals surface area contributed by atoms with Crippen LogP contribution >= 0.6 is 23.2 Å². The number of ketones is 1. The number of phenols is 1. The molecule has 0 atom stereocenters. The first kappa shape index (κ1) is 9.36. The molecule has 0 amide bonds. The van der Waals surface area contributed by atoms with Gasteiger partial charge in [-0.3, -0.25) is 4.79 Å². The van der Waals surface area contributed by atoms with E-state index in [-0.39, 0.29) is 23.0 Å². The molecule has 0 aliphatic rings. The normalized spacial score (nSPS) is 9.83. The summed E-state index contributed by atoms with van der Waals surface area (Å²) in [4.78, 5) is 11.0. The lowest BCUT2D eigenvalue weighted by molar-refractivity contribution is 0.101. The fourth-order valence-electron chi connectivity index (χ4n) is 0.804. The van der Waals surface area contributed by atoms with E-state index in [1.54, 1.807) is 0 Å². The minimum absolute atomic E-state index is 0.0925. The van der Waals surface area contributed by atoms with Gasteiger partial charge >= 0.3 is 0 Å². The van der Waals surface area contributed by atoms with Crippen molar-refractivity contribution in [3.63, 3.8) is 0 Å². The first-order chi connectivity index (χ1) is 5.65. The Hall–Kier alpha value is -0.730. The van der Waals surface area contributed by atoms with Crippen LogP contribution in [0.2, 0.25) is 5.02 Å². The molecule has 0 radical (unpaired) electrons. The number of halogens is 2. The van der Waals surface area contributed by atoms with E-state index in [1.165, 1.54) is 18.2 Å². The Morgan fingerprint density at radius 1 is 1.50 bits per heavy atom. The summed E-state index contributed by atoms with van der Waals surface area (Å²) in [6.45, 7) is 0.